The molecule has 0 N–H and O–H groups in total. The van der Waals surface area contributed by atoms with Crippen LogP contribution in [0.4, 0.5) is 0 Å². The molecule has 0 heterocycles. The summed E-state index contributed by atoms with van der Waals surface area (Å²) in [6.45, 7) is 2.09. The largest absolute Gasteiger partial charge is 0.489 e. The van der Waals surface area contributed by atoms with Crippen LogP contribution in [0, 0.1) is 5.41 Å². The number of Topliss-reactive ketones (excluding diaryl/α,β-unsaturated/α-hetero) is 1. The summed E-state index contributed by atoms with van der Waals surface area (Å²) in [4.78, 5) is 12.2. The lowest BCUT2D eigenvalue weighted by Gasteiger charge is -2.47. The van der Waals surface area contributed by atoms with Crippen molar-refractivity contribution in [3.8, 4) is 5.75 Å². The van der Waals surface area contributed by atoms with E-state index >= 15 is 0 Å². The van der Waals surface area contributed by atoms with Crippen LogP contribution in [0.25, 0.3) is 0 Å². The van der Waals surface area contributed by atoms with Crippen molar-refractivity contribution in [2.45, 2.75) is 64.4 Å². The molecule has 1 aromatic rings. The van der Waals surface area contributed by atoms with Crippen molar-refractivity contribution < 1.29 is 9.53 Å². The van der Waals surface area contributed by atoms with E-state index in [1.54, 1.807) is 0 Å². The second kappa shape index (κ2) is 6.00. The smallest absolute Gasteiger partial charge is 0.146 e. The van der Waals surface area contributed by atoms with E-state index < -0.39 is 0 Å². The van der Waals surface area contributed by atoms with Crippen molar-refractivity contribution in [2.75, 3.05) is 0 Å². The average Bonchev–Trinajstić information content (AvgIpc) is 2.76. The van der Waals surface area contributed by atoms with Crippen LogP contribution in [-0.2, 0) is 11.2 Å². The van der Waals surface area contributed by atoms with E-state index in [2.05, 4.69) is 6.92 Å². The first-order chi connectivity index (χ1) is 10.2. The third-order valence-corrected chi connectivity index (χ3v) is 5.58. The second-order valence-corrected chi connectivity index (χ2v) is 6.82. The van der Waals surface area contributed by atoms with Gasteiger partial charge in [-0.3, -0.25) is 4.79 Å². The number of aryl methyl sites for hydroxylation is 1. The molecule has 114 valence electrons. The van der Waals surface area contributed by atoms with Crippen molar-refractivity contribution >= 4 is 17.4 Å². The maximum Gasteiger partial charge on any atom is 0.146 e. The van der Waals surface area contributed by atoms with E-state index in [-0.39, 0.29) is 11.5 Å². The monoisotopic (exact) mass is 306 g/mol. The number of ketones is 1. The Morgan fingerprint density at radius 2 is 1.95 bits per heavy atom. The summed E-state index contributed by atoms with van der Waals surface area (Å²) in [5.41, 5.74) is 0.914. The Hall–Kier alpha value is -1.02. The lowest BCUT2D eigenvalue weighted by Crippen LogP contribution is -2.56. The topological polar surface area (TPSA) is 26.3 Å². The summed E-state index contributed by atoms with van der Waals surface area (Å²) in [6.07, 6.45) is 8.36. The van der Waals surface area contributed by atoms with Crippen LogP contribution in [0.15, 0.2) is 18.2 Å². The first-order valence-corrected chi connectivity index (χ1v) is 8.52. The van der Waals surface area contributed by atoms with Gasteiger partial charge in [0.2, 0.25) is 0 Å². The number of hydrogen-bond donors (Lipinski definition) is 0. The third-order valence-electron chi connectivity index (χ3n) is 5.21. The van der Waals surface area contributed by atoms with Crippen LogP contribution in [0.2, 0.25) is 5.02 Å². The Labute approximate surface area is 131 Å². The molecule has 0 aliphatic heterocycles. The Morgan fingerprint density at radius 3 is 2.57 bits per heavy atom. The van der Waals surface area contributed by atoms with Crippen molar-refractivity contribution in [3.63, 3.8) is 0 Å². The van der Waals surface area contributed by atoms with Crippen LogP contribution in [-0.4, -0.2) is 11.9 Å². The molecule has 0 aromatic heterocycles. The van der Waals surface area contributed by atoms with Crippen molar-refractivity contribution in [2.24, 2.45) is 5.41 Å². The van der Waals surface area contributed by atoms with Gasteiger partial charge >= 0.3 is 0 Å². The van der Waals surface area contributed by atoms with Gasteiger partial charge in [-0.25, -0.2) is 0 Å². The zero-order valence-corrected chi connectivity index (χ0v) is 13.4. The van der Waals surface area contributed by atoms with Crippen molar-refractivity contribution in [1.29, 1.82) is 0 Å². The van der Waals surface area contributed by atoms with E-state index in [0.717, 1.165) is 48.4 Å². The Kier molecular flexibility index (Phi) is 4.26. The zero-order chi connectivity index (χ0) is 14.9. The number of carbonyl (C=O) groups is 1. The van der Waals surface area contributed by atoms with Gasteiger partial charge in [0.1, 0.15) is 17.6 Å². The van der Waals surface area contributed by atoms with Gasteiger partial charge in [0.15, 0.2) is 0 Å². The molecule has 2 aliphatic carbocycles. The first-order valence-electron chi connectivity index (χ1n) is 8.14. The normalized spacial score (nSPS) is 24.5. The van der Waals surface area contributed by atoms with Gasteiger partial charge in [0.05, 0.1) is 5.41 Å². The number of hydrogen-bond acceptors (Lipinski definition) is 2. The number of benzene rings is 1. The minimum Gasteiger partial charge on any atom is -0.489 e. The molecule has 3 rings (SSSR count). The van der Waals surface area contributed by atoms with Crippen LogP contribution >= 0.6 is 11.6 Å². The zero-order valence-electron chi connectivity index (χ0n) is 12.7. The van der Waals surface area contributed by atoms with E-state index in [1.165, 1.54) is 12.8 Å². The minimum absolute atomic E-state index is 0.0639. The van der Waals surface area contributed by atoms with Gasteiger partial charge in [-0.1, -0.05) is 44.2 Å². The molecule has 2 saturated carbocycles. The molecule has 1 spiro atoms. The predicted molar refractivity (Wildman–Crippen MR) is 85.0 cm³/mol. The number of halogens is 1. The van der Waals surface area contributed by atoms with Gasteiger partial charge in [-0.15, -0.1) is 0 Å². The molecule has 0 bridgehead atoms. The molecule has 1 aromatic carbocycles. The summed E-state index contributed by atoms with van der Waals surface area (Å²) in [6, 6.07) is 5.85. The third kappa shape index (κ3) is 2.70. The predicted octanol–water partition coefficient (Wildman–Crippen LogP) is 4.96. The molecule has 1 atom stereocenters. The molecule has 0 saturated heterocycles. The minimum atomic E-state index is -0.192. The average molecular weight is 307 g/mol. The molecule has 2 fully saturated rings. The lowest BCUT2D eigenvalue weighted by atomic mass is 9.60. The fraction of sp³-hybridized carbons (Fsp3) is 0.611. The van der Waals surface area contributed by atoms with Crippen LogP contribution < -0.4 is 4.74 Å². The summed E-state index contributed by atoms with van der Waals surface area (Å²) >= 11 is 6.16. The van der Waals surface area contributed by atoms with Crippen LogP contribution in [0.1, 0.15) is 57.4 Å². The van der Waals surface area contributed by atoms with Gasteiger partial charge in [0.25, 0.3) is 0 Å². The lowest BCUT2D eigenvalue weighted by molar-refractivity contribution is -0.154. The van der Waals surface area contributed by atoms with Crippen molar-refractivity contribution in [3.05, 3.63) is 28.8 Å². The quantitative estimate of drug-likeness (QED) is 0.788. The van der Waals surface area contributed by atoms with E-state index in [0.29, 0.717) is 12.2 Å². The molecule has 2 nitrogen and oxygen atoms in total. The number of carbonyl (C=O) groups excluding carboxylic acids is 1. The highest BCUT2D eigenvalue weighted by atomic mass is 35.5. The fourth-order valence-electron chi connectivity index (χ4n) is 3.79. The molecule has 2 aliphatic rings. The Balaban J connectivity index is 1.76. The standard InChI is InChI=1S/C18H23ClO2/c1-2-13-11-14(7-8-15(13)19)21-17-12-16(20)18(17)9-5-3-4-6-10-18/h7-8,11,17H,2-6,9-10,12H2,1H3. The highest BCUT2D eigenvalue weighted by molar-refractivity contribution is 6.31. The van der Waals surface area contributed by atoms with Crippen LogP contribution in [0.5, 0.6) is 5.75 Å². The highest BCUT2D eigenvalue weighted by Gasteiger charge is 2.55. The Bertz CT molecular complexity index is 530. The van der Waals surface area contributed by atoms with E-state index in [1.807, 2.05) is 18.2 Å². The van der Waals surface area contributed by atoms with Gasteiger partial charge in [-0.2, -0.15) is 0 Å². The second-order valence-electron chi connectivity index (χ2n) is 6.41. The molecule has 3 heteroatoms. The Morgan fingerprint density at radius 1 is 1.24 bits per heavy atom. The molecule has 0 amide bonds. The van der Waals surface area contributed by atoms with Gasteiger partial charge in [-0.05, 0) is 43.0 Å². The summed E-state index contributed by atoms with van der Waals surface area (Å²) in [7, 11) is 0. The molecule has 0 radical (unpaired) electrons. The summed E-state index contributed by atoms with van der Waals surface area (Å²) in [5.74, 6) is 1.27. The molecular formula is C18H23ClO2. The first kappa shape index (κ1) is 14.9. The highest BCUT2D eigenvalue weighted by Crippen LogP contribution is 2.49. The van der Waals surface area contributed by atoms with Crippen LogP contribution in [0.3, 0.4) is 0 Å². The van der Waals surface area contributed by atoms with E-state index in [9.17, 15) is 4.79 Å². The number of ether oxygens (including phenoxy) is 1. The maximum atomic E-state index is 12.2. The molecule has 21 heavy (non-hydrogen) atoms. The summed E-state index contributed by atoms with van der Waals surface area (Å²) < 4.78 is 6.19. The SMILES string of the molecule is CCc1cc(OC2CC(=O)C23CCCCCC3)ccc1Cl. The van der Waals surface area contributed by atoms with E-state index in [4.69, 9.17) is 16.3 Å². The van der Waals surface area contributed by atoms with Crippen molar-refractivity contribution in [1.82, 2.24) is 0 Å². The molecule has 1 unspecified atom stereocenters. The fourth-order valence-corrected chi connectivity index (χ4v) is 4.04. The van der Waals surface area contributed by atoms with Gasteiger partial charge < -0.3 is 4.74 Å². The van der Waals surface area contributed by atoms with Gasteiger partial charge in [0, 0.05) is 11.4 Å². The maximum absolute atomic E-state index is 12.2. The summed E-state index contributed by atoms with van der Waals surface area (Å²) in [5, 5.41) is 0.790. The number of rotatable bonds is 3. The molecular weight excluding hydrogens is 284 g/mol.